The predicted octanol–water partition coefficient (Wildman–Crippen LogP) is 4.62. The number of carbonyl (C=O) groups excluding carboxylic acids is 1. The van der Waals surface area contributed by atoms with E-state index in [1.165, 1.54) is 5.56 Å². The zero-order valence-electron chi connectivity index (χ0n) is 13.8. The smallest absolute Gasteiger partial charge is 0.280 e. The molecule has 2 aromatic carbocycles. The van der Waals surface area contributed by atoms with Crippen LogP contribution in [-0.2, 0) is 11.2 Å². The fourth-order valence-corrected chi connectivity index (χ4v) is 3.20. The molecule has 0 unspecified atom stereocenters. The molecule has 0 bridgehead atoms. The number of ether oxygens (including phenoxy) is 1. The summed E-state index contributed by atoms with van der Waals surface area (Å²) in [5, 5.41) is 5.18. The van der Waals surface area contributed by atoms with Crippen LogP contribution in [0.25, 0.3) is 0 Å². The van der Waals surface area contributed by atoms with Crippen molar-refractivity contribution in [2.45, 2.75) is 32.3 Å². The fourth-order valence-electron chi connectivity index (χ4n) is 2.75. The second-order valence-corrected chi connectivity index (χ2v) is 6.72. The Labute approximate surface area is 156 Å². The van der Waals surface area contributed by atoms with Gasteiger partial charge in [-0.15, -0.1) is 0 Å². The van der Waals surface area contributed by atoms with Crippen molar-refractivity contribution in [2.24, 2.45) is 5.10 Å². The highest BCUT2D eigenvalue weighted by Crippen LogP contribution is 2.28. The van der Waals surface area contributed by atoms with Gasteiger partial charge in [0.2, 0.25) is 0 Å². The van der Waals surface area contributed by atoms with Crippen molar-refractivity contribution in [2.75, 3.05) is 0 Å². The van der Waals surface area contributed by atoms with Gasteiger partial charge in [0.05, 0.1) is 10.7 Å². The Morgan fingerprint density at radius 3 is 2.80 bits per heavy atom. The molecule has 25 heavy (non-hydrogen) atoms. The summed E-state index contributed by atoms with van der Waals surface area (Å²) in [6, 6.07) is 13.0. The summed E-state index contributed by atoms with van der Waals surface area (Å²) >= 11 is 11.9. The number of aryl methyl sites for hydroxylation is 1. The van der Waals surface area contributed by atoms with Gasteiger partial charge >= 0.3 is 0 Å². The predicted molar refractivity (Wildman–Crippen MR) is 101 cm³/mol. The maximum absolute atomic E-state index is 12.3. The van der Waals surface area contributed by atoms with Crippen LogP contribution < -0.4 is 10.2 Å². The Morgan fingerprint density at radius 1 is 1.20 bits per heavy atom. The Balaban J connectivity index is 1.66. The quantitative estimate of drug-likeness (QED) is 0.791. The molecule has 1 amide bonds. The number of nitrogens with one attached hydrogen (secondary N) is 1. The lowest BCUT2D eigenvalue weighted by Gasteiger charge is -2.18. The normalized spacial score (nSPS) is 16.2. The molecule has 0 heterocycles. The first kappa shape index (κ1) is 17.8. The largest absolute Gasteiger partial charge is 0.479 e. The van der Waals surface area contributed by atoms with E-state index in [4.69, 9.17) is 27.9 Å². The molecule has 6 heteroatoms. The molecule has 0 aromatic heterocycles. The number of carbonyl (C=O) groups is 1. The zero-order valence-corrected chi connectivity index (χ0v) is 15.3. The van der Waals surface area contributed by atoms with Crippen LogP contribution in [0.15, 0.2) is 47.6 Å². The van der Waals surface area contributed by atoms with Gasteiger partial charge in [-0.1, -0.05) is 47.5 Å². The van der Waals surface area contributed by atoms with E-state index in [1.807, 2.05) is 18.2 Å². The summed E-state index contributed by atoms with van der Waals surface area (Å²) in [5.41, 5.74) is 5.86. The number of amides is 1. The summed E-state index contributed by atoms with van der Waals surface area (Å²) < 4.78 is 5.60. The van der Waals surface area contributed by atoms with Gasteiger partial charge in [-0.05, 0) is 49.9 Å². The monoisotopic (exact) mass is 376 g/mol. The summed E-state index contributed by atoms with van der Waals surface area (Å²) in [7, 11) is 0. The van der Waals surface area contributed by atoms with E-state index < -0.39 is 6.10 Å². The number of hydrogen-bond acceptors (Lipinski definition) is 3. The number of fused-ring (bicyclic) bond motifs is 1. The van der Waals surface area contributed by atoms with Crippen LogP contribution >= 0.6 is 23.2 Å². The minimum atomic E-state index is -0.734. The summed E-state index contributed by atoms with van der Waals surface area (Å²) in [6.45, 7) is 1.65. The molecule has 1 N–H and O–H groups in total. The molecule has 0 saturated heterocycles. The highest BCUT2D eigenvalue weighted by molar-refractivity contribution is 6.35. The van der Waals surface area contributed by atoms with Gasteiger partial charge in [0, 0.05) is 10.6 Å². The van der Waals surface area contributed by atoms with E-state index in [9.17, 15) is 4.79 Å². The lowest BCUT2D eigenvalue weighted by atomic mass is 9.90. The number of nitrogens with zero attached hydrogens (tertiary/aromatic N) is 1. The summed E-state index contributed by atoms with van der Waals surface area (Å²) in [6.07, 6.45) is 2.17. The van der Waals surface area contributed by atoms with Gasteiger partial charge in [0.1, 0.15) is 5.75 Å². The molecule has 2 aromatic rings. The lowest BCUT2D eigenvalue weighted by molar-refractivity contribution is -0.127. The van der Waals surface area contributed by atoms with Crippen LogP contribution in [-0.4, -0.2) is 17.7 Å². The van der Waals surface area contributed by atoms with E-state index in [1.54, 1.807) is 25.1 Å². The first-order valence-corrected chi connectivity index (χ1v) is 8.86. The van der Waals surface area contributed by atoms with Gasteiger partial charge < -0.3 is 4.74 Å². The van der Waals surface area contributed by atoms with Crippen LogP contribution in [0.5, 0.6) is 5.75 Å². The molecule has 0 saturated carbocycles. The number of hydrazone groups is 1. The van der Waals surface area contributed by atoms with E-state index in [-0.39, 0.29) is 5.91 Å². The average Bonchev–Trinajstić information content (AvgIpc) is 2.61. The Hall–Kier alpha value is -2.04. The van der Waals surface area contributed by atoms with Crippen LogP contribution in [0, 0.1) is 0 Å². The molecule has 3 rings (SSSR count). The van der Waals surface area contributed by atoms with Crippen molar-refractivity contribution >= 4 is 34.8 Å². The van der Waals surface area contributed by atoms with Crippen molar-refractivity contribution < 1.29 is 9.53 Å². The van der Waals surface area contributed by atoms with Crippen molar-refractivity contribution in [3.05, 3.63) is 63.6 Å². The minimum absolute atomic E-state index is 0.332. The Bertz CT molecular complexity index is 821. The van der Waals surface area contributed by atoms with E-state index in [0.29, 0.717) is 15.8 Å². The highest BCUT2D eigenvalue weighted by atomic mass is 35.5. The van der Waals surface area contributed by atoms with Crippen LogP contribution in [0.2, 0.25) is 10.0 Å². The molecular weight excluding hydrogens is 359 g/mol. The van der Waals surface area contributed by atoms with Gasteiger partial charge in [0.15, 0.2) is 6.10 Å². The van der Waals surface area contributed by atoms with Crippen molar-refractivity contribution in [1.82, 2.24) is 5.43 Å². The molecule has 0 spiro atoms. The molecule has 130 valence electrons. The number of benzene rings is 2. The maximum Gasteiger partial charge on any atom is 0.280 e. The fraction of sp³-hybridized carbons (Fsp3) is 0.263. The van der Waals surface area contributed by atoms with Gasteiger partial charge in [0.25, 0.3) is 5.91 Å². The van der Waals surface area contributed by atoms with E-state index in [2.05, 4.69) is 16.6 Å². The number of rotatable bonds is 4. The standard InChI is InChI=1S/C19H18Cl2N2O2/c1-12(25-18-10-9-14(20)11-16(18)21)19(24)23-22-17-8-4-6-13-5-2-3-7-15(13)17/h2-3,5,7,9-12H,4,6,8H2,1H3,(H,23,24)/b22-17-/t12-/m0/s1. The SMILES string of the molecule is C[C@H](Oc1ccc(Cl)cc1Cl)C(=O)N/N=C1/CCCc2ccccc21. The molecular formula is C19H18Cl2N2O2. The highest BCUT2D eigenvalue weighted by Gasteiger charge is 2.18. The van der Waals surface area contributed by atoms with Crippen LogP contribution in [0.1, 0.15) is 30.9 Å². The van der Waals surface area contributed by atoms with Gasteiger partial charge in [-0.2, -0.15) is 5.10 Å². The van der Waals surface area contributed by atoms with Crippen molar-refractivity contribution in [1.29, 1.82) is 0 Å². The third kappa shape index (κ3) is 4.33. The van der Waals surface area contributed by atoms with E-state index >= 15 is 0 Å². The summed E-state index contributed by atoms with van der Waals surface area (Å²) in [4.78, 5) is 12.3. The molecule has 4 nitrogen and oxygen atoms in total. The molecule has 1 aliphatic rings. The minimum Gasteiger partial charge on any atom is -0.479 e. The molecule has 0 radical (unpaired) electrons. The first-order chi connectivity index (χ1) is 12.0. The zero-order chi connectivity index (χ0) is 17.8. The van der Waals surface area contributed by atoms with Gasteiger partial charge in [-0.3, -0.25) is 4.79 Å². The Morgan fingerprint density at radius 2 is 2.00 bits per heavy atom. The second-order valence-electron chi connectivity index (χ2n) is 5.88. The number of halogens is 2. The summed E-state index contributed by atoms with van der Waals surface area (Å²) in [5.74, 6) is 0.0750. The van der Waals surface area contributed by atoms with E-state index in [0.717, 1.165) is 30.5 Å². The number of hydrogen-bond donors (Lipinski definition) is 1. The van der Waals surface area contributed by atoms with Crippen molar-refractivity contribution in [3.63, 3.8) is 0 Å². The third-order valence-corrected chi connectivity index (χ3v) is 4.59. The second kappa shape index (κ2) is 7.89. The average molecular weight is 377 g/mol. The topological polar surface area (TPSA) is 50.7 Å². The maximum atomic E-state index is 12.3. The van der Waals surface area contributed by atoms with Crippen LogP contribution in [0.4, 0.5) is 0 Å². The molecule has 1 atom stereocenters. The Kier molecular flexibility index (Phi) is 5.61. The van der Waals surface area contributed by atoms with Crippen molar-refractivity contribution in [3.8, 4) is 5.75 Å². The van der Waals surface area contributed by atoms with Gasteiger partial charge in [-0.25, -0.2) is 5.43 Å². The third-order valence-electron chi connectivity index (χ3n) is 4.06. The lowest BCUT2D eigenvalue weighted by Crippen LogP contribution is -2.34. The molecule has 0 fully saturated rings. The van der Waals surface area contributed by atoms with Crippen LogP contribution in [0.3, 0.4) is 0 Å². The first-order valence-electron chi connectivity index (χ1n) is 8.11. The molecule has 0 aliphatic heterocycles. The molecule has 1 aliphatic carbocycles.